The maximum absolute atomic E-state index is 13.1. The third-order valence-corrected chi connectivity index (χ3v) is 1.95. The van der Waals surface area contributed by atoms with Crippen molar-refractivity contribution in [1.82, 2.24) is 0 Å². The number of para-hydroxylation sites is 1. The van der Waals surface area contributed by atoms with Crippen LogP contribution >= 0.6 is 0 Å². The van der Waals surface area contributed by atoms with Crippen molar-refractivity contribution in [3.8, 4) is 0 Å². The number of nitrogens with one attached hydrogen (secondary N) is 1. The molecule has 0 atom stereocenters. The summed E-state index contributed by atoms with van der Waals surface area (Å²) in [6.45, 7) is 3.05. The number of carbonyl (C=O) groups excluding carboxylic acids is 2. The van der Waals surface area contributed by atoms with Gasteiger partial charge in [-0.05, 0) is 12.1 Å². The molecule has 0 unspecified atom stereocenters. The summed E-state index contributed by atoms with van der Waals surface area (Å²) < 4.78 is 26.2. The Bertz CT molecular complexity index is 410. The highest BCUT2D eigenvalue weighted by Gasteiger charge is 2.20. The van der Waals surface area contributed by atoms with Crippen molar-refractivity contribution in [1.29, 1.82) is 0 Å². The smallest absolute Gasteiger partial charge is 0.292 e. The summed E-state index contributed by atoms with van der Waals surface area (Å²) >= 11 is 0. The van der Waals surface area contributed by atoms with E-state index in [9.17, 15) is 18.4 Å². The molecular weight excluding hydrogens is 216 g/mol. The minimum absolute atomic E-state index is 0.519. The van der Waals surface area contributed by atoms with E-state index in [4.69, 9.17) is 0 Å². The topological polar surface area (TPSA) is 46.2 Å². The lowest BCUT2D eigenvalue weighted by atomic mass is 10.1. The van der Waals surface area contributed by atoms with Crippen LogP contribution in [0.2, 0.25) is 0 Å². The third kappa shape index (κ3) is 2.62. The van der Waals surface area contributed by atoms with Crippen LogP contribution in [0.4, 0.5) is 14.5 Å². The first-order valence-electron chi connectivity index (χ1n) is 4.72. The Labute approximate surface area is 91.5 Å². The number of rotatable bonds is 3. The van der Waals surface area contributed by atoms with Crippen LogP contribution < -0.4 is 5.32 Å². The van der Waals surface area contributed by atoms with Crippen molar-refractivity contribution in [3.05, 3.63) is 29.8 Å². The lowest BCUT2D eigenvalue weighted by Gasteiger charge is -2.07. The van der Waals surface area contributed by atoms with Gasteiger partial charge in [0.2, 0.25) is 5.78 Å². The molecule has 0 saturated heterocycles. The van der Waals surface area contributed by atoms with Gasteiger partial charge in [-0.25, -0.2) is 8.78 Å². The van der Waals surface area contributed by atoms with Gasteiger partial charge in [0.15, 0.2) is 0 Å². The number of carbonyl (C=O) groups is 2. The van der Waals surface area contributed by atoms with Crippen molar-refractivity contribution in [2.75, 3.05) is 5.32 Å². The van der Waals surface area contributed by atoms with Crippen LogP contribution in [-0.4, -0.2) is 11.7 Å². The Morgan fingerprint density at radius 3 is 2.12 bits per heavy atom. The fraction of sp³-hybridized carbons (Fsp3) is 0.273. The number of halogens is 2. The number of hydrogen-bond donors (Lipinski definition) is 1. The van der Waals surface area contributed by atoms with E-state index in [1.54, 1.807) is 0 Å². The van der Waals surface area contributed by atoms with Crippen molar-refractivity contribution < 1.29 is 18.4 Å². The summed E-state index contributed by atoms with van der Waals surface area (Å²) in [5.74, 6) is -4.08. The molecule has 0 bridgehead atoms. The molecule has 0 aliphatic rings. The molecular formula is C11H11F2NO2. The molecule has 0 radical (unpaired) electrons. The van der Waals surface area contributed by atoms with Crippen molar-refractivity contribution in [2.45, 2.75) is 13.8 Å². The van der Waals surface area contributed by atoms with Gasteiger partial charge in [-0.15, -0.1) is 0 Å². The van der Waals surface area contributed by atoms with Crippen LogP contribution in [0.5, 0.6) is 0 Å². The molecule has 86 valence electrons. The standard InChI is InChI=1S/C11H11F2NO2/c1-6(2)10(15)11(16)14-9-7(12)4-3-5-8(9)13/h3-6H,1-2H3,(H,14,16). The van der Waals surface area contributed by atoms with Gasteiger partial charge in [-0.2, -0.15) is 0 Å². The summed E-state index contributed by atoms with van der Waals surface area (Å²) in [7, 11) is 0. The van der Waals surface area contributed by atoms with Gasteiger partial charge in [-0.3, -0.25) is 9.59 Å². The van der Waals surface area contributed by atoms with Crippen LogP contribution in [0.1, 0.15) is 13.8 Å². The van der Waals surface area contributed by atoms with E-state index >= 15 is 0 Å². The molecule has 1 aromatic rings. The molecule has 1 rings (SSSR count). The first-order valence-corrected chi connectivity index (χ1v) is 4.72. The second kappa shape index (κ2) is 4.83. The number of Topliss-reactive ketones (excluding diaryl/α,β-unsaturated/α-hetero) is 1. The highest BCUT2D eigenvalue weighted by Crippen LogP contribution is 2.18. The minimum atomic E-state index is -1.01. The molecule has 0 saturated carbocycles. The second-order valence-electron chi connectivity index (χ2n) is 3.57. The zero-order valence-electron chi connectivity index (χ0n) is 8.88. The molecule has 0 fully saturated rings. The van der Waals surface area contributed by atoms with Crippen LogP contribution in [-0.2, 0) is 9.59 Å². The lowest BCUT2D eigenvalue weighted by Crippen LogP contribution is -2.27. The number of hydrogen-bond acceptors (Lipinski definition) is 2. The highest BCUT2D eigenvalue weighted by molar-refractivity contribution is 6.41. The quantitative estimate of drug-likeness (QED) is 0.804. The molecule has 1 amide bonds. The van der Waals surface area contributed by atoms with E-state index in [2.05, 4.69) is 0 Å². The molecule has 0 spiro atoms. The molecule has 3 nitrogen and oxygen atoms in total. The average Bonchev–Trinajstić information content (AvgIpc) is 2.22. The van der Waals surface area contributed by atoms with Gasteiger partial charge in [0.1, 0.15) is 17.3 Å². The Morgan fingerprint density at radius 1 is 1.19 bits per heavy atom. The SMILES string of the molecule is CC(C)C(=O)C(=O)Nc1c(F)cccc1F. The predicted molar refractivity (Wildman–Crippen MR) is 54.8 cm³/mol. The maximum Gasteiger partial charge on any atom is 0.292 e. The Balaban J connectivity index is 2.89. The van der Waals surface area contributed by atoms with Crippen LogP contribution in [0.15, 0.2) is 18.2 Å². The molecule has 0 heterocycles. The number of anilines is 1. The van der Waals surface area contributed by atoms with Gasteiger partial charge in [0.25, 0.3) is 5.91 Å². The molecule has 0 aromatic heterocycles. The van der Waals surface area contributed by atoms with Crippen molar-refractivity contribution >= 4 is 17.4 Å². The number of ketones is 1. The predicted octanol–water partition coefficient (Wildman–Crippen LogP) is 2.13. The molecule has 5 heteroatoms. The molecule has 0 aliphatic heterocycles. The first kappa shape index (κ1) is 12.3. The van der Waals surface area contributed by atoms with E-state index in [0.29, 0.717) is 0 Å². The van der Waals surface area contributed by atoms with Gasteiger partial charge >= 0.3 is 0 Å². The molecule has 1 N–H and O–H groups in total. The third-order valence-electron chi connectivity index (χ3n) is 1.95. The fourth-order valence-electron chi connectivity index (χ4n) is 1.05. The Hall–Kier alpha value is -1.78. The largest absolute Gasteiger partial charge is 0.314 e. The van der Waals surface area contributed by atoms with Crippen molar-refractivity contribution in [2.24, 2.45) is 5.92 Å². The summed E-state index contributed by atoms with van der Waals surface area (Å²) in [5.41, 5.74) is -0.596. The van der Waals surface area contributed by atoms with Gasteiger partial charge in [-0.1, -0.05) is 19.9 Å². The van der Waals surface area contributed by atoms with E-state index < -0.39 is 34.9 Å². The summed E-state index contributed by atoms with van der Waals surface area (Å²) in [5, 5.41) is 1.92. The van der Waals surface area contributed by atoms with Gasteiger partial charge in [0, 0.05) is 5.92 Å². The zero-order chi connectivity index (χ0) is 12.3. The second-order valence-corrected chi connectivity index (χ2v) is 3.57. The van der Waals surface area contributed by atoms with Gasteiger partial charge < -0.3 is 5.32 Å². The maximum atomic E-state index is 13.1. The van der Waals surface area contributed by atoms with Crippen molar-refractivity contribution in [3.63, 3.8) is 0 Å². The average molecular weight is 227 g/mol. The highest BCUT2D eigenvalue weighted by atomic mass is 19.1. The van der Waals surface area contributed by atoms with Crippen LogP contribution in [0.3, 0.4) is 0 Å². The lowest BCUT2D eigenvalue weighted by molar-refractivity contribution is -0.136. The summed E-state index contributed by atoms with van der Waals surface area (Å²) in [4.78, 5) is 22.5. The van der Waals surface area contributed by atoms with E-state index in [1.165, 1.54) is 19.9 Å². The summed E-state index contributed by atoms with van der Waals surface area (Å²) in [6.07, 6.45) is 0. The number of amides is 1. The minimum Gasteiger partial charge on any atom is -0.314 e. The van der Waals surface area contributed by atoms with Crippen LogP contribution in [0, 0.1) is 17.6 Å². The van der Waals surface area contributed by atoms with Gasteiger partial charge in [0.05, 0.1) is 0 Å². The number of benzene rings is 1. The Morgan fingerprint density at radius 2 is 1.69 bits per heavy atom. The molecule has 16 heavy (non-hydrogen) atoms. The van der Waals surface area contributed by atoms with E-state index in [0.717, 1.165) is 12.1 Å². The van der Waals surface area contributed by atoms with Crippen LogP contribution in [0.25, 0.3) is 0 Å². The molecule has 1 aromatic carbocycles. The normalized spacial score (nSPS) is 10.3. The Kier molecular flexibility index (Phi) is 3.71. The fourth-order valence-corrected chi connectivity index (χ4v) is 1.05. The van der Waals surface area contributed by atoms with E-state index in [-0.39, 0.29) is 0 Å². The molecule has 0 aliphatic carbocycles. The zero-order valence-corrected chi connectivity index (χ0v) is 8.88. The van der Waals surface area contributed by atoms with E-state index in [1.807, 2.05) is 5.32 Å². The summed E-state index contributed by atoms with van der Waals surface area (Å²) in [6, 6.07) is 3.17. The monoisotopic (exact) mass is 227 g/mol. The first-order chi connectivity index (χ1) is 7.43.